The predicted molar refractivity (Wildman–Crippen MR) is 103 cm³/mol. The Hall–Kier alpha value is -2.82. The molecule has 0 atom stereocenters. The first-order valence-electron chi connectivity index (χ1n) is 9.44. The Morgan fingerprint density at radius 2 is 1.81 bits per heavy atom. The van der Waals surface area contributed by atoms with E-state index in [2.05, 4.69) is 36.5 Å². The summed E-state index contributed by atoms with van der Waals surface area (Å²) in [7, 11) is 0. The summed E-state index contributed by atoms with van der Waals surface area (Å²) in [5, 5.41) is 2.73. The second kappa shape index (κ2) is 7.06. The van der Waals surface area contributed by atoms with Gasteiger partial charge in [0.25, 0.3) is 5.91 Å². The molecule has 140 valence electrons. The molecule has 2 aromatic rings. The number of amides is 2. The number of nitrogens with one attached hydrogen (secondary N) is 1. The molecule has 1 spiro atoms. The van der Waals surface area contributed by atoms with Gasteiger partial charge in [-0.05, 0) is 30.5 Å². The second-order valence-corrected chi connectivity index (χ2v) is 7.54. The highest BCUT2D eigenvalue weighted by atomic mass is 16.6. The van der Waals surface area contributed by atoms with E-state index in [1.807, 2.05) is 29.2 Å². The first-order chi connectivity index (χ1) is 13.0. The van der Waals surface area contributed by atoms with Crippen LogP contribution in [0.3, 0.4) is 0 Å². The molecular formula is C22H24N2O3. The van der Waals surface area contributed by atoms with Crippen LogP contribution in [0.2, 0.25) is 0 Å². The SMILES string of the molecule is Cc1ccc(Cc2ccccc2C(=O)N2CCC3(CC2)CNC(=O)O3)cc1. The zero-order valence-electron chi connectivity index (χ0n) is 15.5. The van der Waals surface area contributed by atoms with E-state index < -0.39 is 5.60 Å². The van der Waals surface area contributed by atoms with Gasteiger partial charge in [0.1, 0.15) is 5.60 Å². The standard InChI is InChI=1S/C22H24N2O3/c1-16-6-8-17(9-7-16)14-18-4-2-3-5-19(18)20(25)24-12-10-22(11-13-24)15-23-21(26)27-22/h2-9H,10-15H2,1H3,(H,23,26). The van der Waals surface area contributed by atoms with Crippen LogP contribution in [0.5, 0.6) is 0 Å². The van der Waals surface area contributed by atoms with Crippen molar-refractivity contribution in [2.24, 2.45) is 0 Å². The molecule has 2 fully saturated rings. The van der Waals surface area contributed by atoms with Gasteiger partial charge >= 0.3 is 6.09 Å². The van der Waals surface area contributed by atoms with E-state index in [9.17, 15) is 9.59 Å². The largest absolute Gasteiger partial charge is 0.441 e. The molecule has 0 aromatic heterocycles. The Labute approximate surface area is 159 Å². The van der Waals surface area contributed by atoms with Crippen LogP contribution in [0.1, 0.15) is 39.9 Å². The molecule has 2 aliphatic rings. The summed E-state index contributed by atoms with van der Waals surface area (Å²) in [5.74, 6) is 0.0600. The van der Waals surface area contributed by atoms with Gasteiger partial charge in [-0.25, -0.2) is 4.79 Å². The third-order valence-electron chi connectivity index (χ3n) is 5.59. The summed E-state index contributed by atoms with van der Waals surface area (Å²) >= 11 is 0. The van der Waals surface area contributed by atoms with Crippen molar-refractivity contribution in [2.75, 3.05) is 19.6 Å². The van der Waals surface area contributed by atoms with Gasteiger partial charge < -0.3 is 15.0 Å². The Morgan fingerprint density at radius 1 is 1.11 bits per heavy atom. The zero-order chi connectivity index (χ0) is 18.9. The number of ether oxygens (including phenoxy) is 1. The summed E-state index contributed by atoms with van der Waals surface area (Å²) in [6.45, 7) is 3.82. The van der Waals surface area contributed by atoms with Crippen molar-refractivity contribution in [3.63, 3.8) is 0 Å². The lowest BCUT2D eigenvalue weighted by Crippen LogP contribution is -2.48. The van der Waals surface area contributed by atoms with Crippen molar-refractivity contribution in [1.82, 2.24) is 10.2 Å². The Balaban J connectivity index is 1.48. The van der Waals surface area contributed by atoms with Crippen LogP contribution < -0.4 is 5.32 Å². The van der Waals surface area contributed by atoms with Gasteiger partial charge in [-0.1, -0.05) is 48.0 Å². The average molecular weight is 364 g/mol. The second-order valence-electron chi connectivity index (χ2n) is 7.54. The maximum Gasteiger partial charge on any atom is 0.407 e. The van der Waals surface area contributed by atoms with E-state index in [1.165, 1.54) is 11.1 Å². The molecule has 2 saturated heterocycles. The van der Waals surface area contributed by atoms with E-state index >= 15 is 0 Å². The first-order valence-corrected chi connectivity index (χ1v) is 9.44. The molecule has 2 aromatic carbocycles. The van der Waals surface area contributed by atoms with Crippen LogP contribution in [0, 0.1) is 6.92 Å². The number of carbonyl (C=O) groups excluding carboxylic acids is 2. The van der Waals surface area contributed by atoms with E-state index in [0.29, 0.717) is 32.5 Å². The summed E-state index contributed by atoms with van der Waals surface area (Å²) in [6.07, 6.45) is 1.75. The maximum absolute atomic E-state index is 13.1. The molecule has 0 unspecified atom stereocenters. The highest BCUT2D eigenvalue weighted by molar-refractivity contribution is 5.96. The van der Waals surface area contributed by atoms with Gasteiger partial charge in [-0.2, -0.15) is 0 Å². The van der Waals surface area contributed by atoms with Gasteiger partial charge in [-0.3, -0.25) is 4.79 Å². The zero-order valence-corrected chi connectivity index (χ0v) is 15.5. The number of alkyl carbamates (subject to hydrolysis) is 1. The predicted octanol–water partition coefficient (Wildman–Crippen LogP) is 3.30. The van der Waals surface area contributed by atoms with Crippen LogP contribution in [-0.4, -0.2) is 42.1 Å². The number of hydrogen-bond donors (Lipinski definition) is 1. The lowest BCUT2D eigenvalue weighted by Gasteiger charge is -2.37. The molecule has 0 aliphatic carbocycles. The molecule has 1 N–H and O–H groups in total. The third-order valence-corrected chi connectivity index (χ3v) is 5.59. The van der Waals surface area contributed by atoms with Crippen molar-refractivity contribution in [1.29, 1.82) is 0 Å². The Bertz CT molecular complexity index is 852. The number of aryl methyl sites for hydroxylation is 1. The minimum Gasteiger partial charge on any atom is -0.441 e. The number of hydrogen-bond acceptors (Lipinski definition) is 3. The number of nitrogens with zero attached hydrogens (tertiary/aromatic N) is 1. The number of rotatable bonds is 3. The van der Waals surface area contributed by atoms with Gasteiger partial charge in [0.2, 0.25) is 0 Å². The highest BCUT2D eigenvalue weighted by Crippen LogP contribution is 2.30. The first kappa shape index (κ1) is 17.6. The molecule has 2 aliphatic heterocycles. The number of benzene rings is 2. The van der Waals surface area contributed by atoms with Crippen molar-refractivity contribution in [3.8, 4) is 0 Å². The van der Waals surface area contributed by atoms with Crippen molar-refractivity contribution >= 4 is 12.0 Å². The molecule has 0 bridgehead atoms. The lowest BCUT2D eigenvalue weighted by atomic mass is 9.91. The molecule has 4 rings (SSSR count). The fourth-order valence-corrected chi connectivity index (χ4v) is 3.88. The Morgan fingerprint density at radius 3 is 2.48 bits per heavy atom. The average Bonchev–Trinajstić information content (AvgIpc) is 3.04. The molecule has 5 heteroatoms. The molecule has 2 heterocycles. The summed E-state index contributed by atoms with van der Waals surface area (Å²) < 4.78 is 5.45. The minimum atomic E-state index is -0.435. The summed E-state index contributed by atoms with van der Waals surface area (Å²) in [6, 6.07) is 16.3. The van der Waals surface area contributed by atoms with Crippen molar-refractivity contribution in [2.45, 2.75) is 31.8 Å². The van der Waals surface area contributed by atoms with Crippen LogP contribution >= 0.6 is 0 Å². The fraction of sp³-hybridized carbons (Fsp3) is 0.364. The van der Waals surface area contributed by atoms with E-state index in [-0.39, 0.29) is 12.0 Å². The Kier molecular flexibility index (Phi) is 4.60. The topological polar surface area (TPSA) is 58.6 Å². The normalized spacial score (nSPS) is 18.3. The summed E-state index contributed by atoms with van der Waals surface area (Å²) in [5.41, 5.74) is 3.79. The fourth-order valence-electron chi connectivity index (χ4n) is 3.88. The maximum atomic E-state index is 13.1. The monoisotopic (exact) mass is 364 g/mol. The highest BCUT2D eigenvalue weighted by Gasteiger charge is 2.43. The van der Waals surface area contributed by atoms with Crippen molar-refractivity contribution in [3.05, 3.63) is 70.8 Å². The molecule has 2 amide bonds. The van der Waals surface area contributed by atoms with E-state index in [0.717, 1.165) is 17.5 Å². The number of likely N-dealkylation sites (tertiary alicyclic amines) is 1. The van der Waals surface area contributed by atoms with Gasteiger partial charge in [0.05, 0.1) is 6.54 Å². The lowest BCUT2D eigenvalue weighted by molar-refractivity contribution is 0.00329. The van der Waals surface area contributed by atoms with E-state index in [1.54, 1.807) is 0 Å². The van der Waals surface area contributed by atoms with Crippen LogP contribution in [0.25, 0.3) is 0 Å². The number of carbonyl (C=O) groups is 2. The van der Waals surface area contributed by atoms with Gasteiger partial charge in [0.15, 0.2) is 0 Å². The molecule has 0 radical (unpaired) electrons. The van der Waals surface area contributed by atoms with Crippen LogP contribution in [0.4, 0.5) is 4.79 Å². The van der Waals surface area contributed by atoms with Crippen molar-refractivity contribution < 1.29 is 14.3 Å². The molecule has 5 nitrogen and oxygen atoms in total. The molecule has 27 heavy (non-hydrogen) atoms. The van der Waals surface area contributed by atoms with Crippen LogP contribution in [-0.2, 0) is 11.2 Å². The smallest absolute Gasteiger partial charge is 0.407 e. The van der Waals surface area contributed by atoms with Gasteiger partial charge in [-0.15, -0.1) is 0 Å². The quantitative estimate of drug-likeness (QED) is 0.909. The molecule has 0 saturated carbocycles. The number of piperidine rings is 1. The summed E-state index contributed by atoms with van der Waals surface area (Å²) in [4.78, 5) is 26.4. The van der Waals surface area contributed by atoms with E-state index in [4.69, 9.17) is 4.74 Å². The van der Waals surface area contributed by atoms with Gasteiger partial charge in [0, 0.05) is 31.5 Å². The van der Waals surface area contributed by atoms with Crippen LogP contribution in [0.15, 0.2) is 48.5 Å². The third kappa shape index (κ3) is 3.68. The minimum absolute atomic E-state index is 0.0600. The molecular weight excluding hydrogens is 340 g/mol.